The Morgan fingerprint density at radius 1 is 0.929 bits per heavy atom. The van der Waals surface area contributed by atoms with E-state index in [1.165, 1.54) is 31.2 Å². The highest BCUT2D eigenvalue weighted by Crippen LogP contribution is 2.24. The third-order valence-electron chi connectivity index (χ3n) is 6.21. The number of pyridine rings is 1. The summed E-state index contributed by atoms with van der Waals surface area (Å²) in [5, 5.41) is 0. The van der Waals surface area contributed by atoms with Gasteiger partial charge in [-0.05, 0) is 49.7 Å². The van der Waals surface area contributed by atoms with Crippen LogP contribution in [0.25, 0.3) is 0 Å². The van der Waals surface area contributed by atoms with E-state index in [4.69, 9.17) is 0 Å². The second-order valence-electron chi connectivity index (χ2n) is 8.26. The SMILES string of the molecule is O=C(c1cncc(N2CCCCCC2)c1)N1CCC(Cc2ccccc2)CC1. The second kappa shape index (κ2) is 9.22. The number of benzene rings is 1. The molecule has 0 saturated carbocycles. The summed E-state index contributed by atoms with van der Waals surface area (Å²) in [6, 6.07) is 12.8. The van der Waals surface area contributed by atoms with Gasteiger partial charge in [0.25, 0.3) is 5.91 Å². The standard InChI is InChI=1S/C24H31N3O/c28-24(22-17-23(19-25-18-22)26-12-6-1-2-7-13-26)27-14-10-21(11-15-27)16-20-8-4-3-5-9-20/h3-5,8-9,17-19,21H,1-2,6-7,10-16H2. The minimum absolute atomic E-state index is 0.141. The summed E-state index contributed by atoms with van der Waals surface area (Å²) in [5.74, 6) is 0.815. The van der Waals surface area contributed by atoms with E-state index in [2.05, 4.69) is 46.3 Å². The van der Waals surface area contributed by atoms with Crippen LogP contribution < -0.4 is 4.90 Å². The number of likely N-dealkylation sites (tertiary alicyclic amines) is 1. The van der Waals surface area contributed by atoms with Crippen LogP contribution >= 0.6 is 0 Å². The number of anilines is 1. The van der Waals surface area contributed by atoms with Crippen molar-refractivity contribution in [2.45, 2.75) is 44.9 Å². The van der Waals surface area contributed by atoms with Gasteiger partial charge in [0.15, 0.2) is 0 Å². The van der Waals surface area contributed by atoms with Gasteiger partial charge in [-0.15, -0.1) is 0 Å². The summed E-state index contributed by atoms with van der Waals surface area (Å²) in [4.78, 5) is 21.8. The fourth-order valence-corrected chi connectivity index (χ4v) is 4.52. The lowest BCUT2D eigenvalue weighted by atomic mass is 9.90. The molecule has 28 heavy (non-hydrogen) atoms. The van der Waals surface area contributed by atoms with Crippen molar-refractivity contribution in [1.82, 2.24) is 9.88 Å². The Hall–Kier alpha value is -2.36. The van der Waals surface area contributed by atoms with E-state index in [1.807, 2.05) is 11.1 Å². The van der Waals surface area contributed by atoms with Gasteiger partial charge < -0.3 is 9.80 Å². The van der Waals surface area contributed by atoms with E-state index in [0.717, 1.165) is 56.7 Å². The average molecular weight is 378 g/mol. The molecule has 0 spiro atoms. The predicted octanol–water partition coefficient (Wildman–Crippen LogP) is 4.56. The number of carbonyl (C=O) groups is 1. The maximum atomic E-state index is 13.0. The summed E-state index contributed by atoms with van der Waals surface area (Å²) < 4.78 is 0. The molecule has 4 heteroatoms. The molecule has 0 atom stereocenters. The Bertz CT molecular complexity index is 760. The third-order valence-corrected chi connectivity index (χ3v) is 6.21. The van der Waals surface area contributed by atoms with Crippen molar-refractivity contribution < 1.29 is 4.79 Å². The van der Waals surface area contributed by atoms with Crippen LogP contribution in [0.4, 0.5) is 5.69 Å². The molecule has 0 unspecified atom stereocenters. The molecule has 0 radical (unpaired) electrons. The minimum atomic E-state index is 0.141. The normalized spacial score (nSPS) is 18.7. The summed E-state index contributed by atoms with van der Waals surface area (Å²) >= 11 is 0. The van der Waals surface area contributed by atoms with Crippen LogP contribution in [0.15, 0.2) is 48.8 Å². The average Bonchev–Trinajstić information content (AvgIpc) is 3.04. The number of piperidine rings is 1. The summed E-state index contributed by atoms with van der Waals surface area (Å²) in [6.45, 7) is 3.85. The van der Waals surface area contributed by atoms with Gasteiger partial charge in [0.2, 0.25) is 0 Å². The fraction of sp³-hybridized carbons (Fsp3) is 0.500. The molecule has 4 rings (SSSR count). The van der Waals surface area contributed by atoms with E-state index in [9.17, 15) is 4.79 Å². The van der Waals surface area contributed by atoms with Crippen molar-refractivity contribution in [3.8, 4) is 0 Å². The molecule has 2 aromatic rings. The van der Waals surface area contributed by atoms with Crippen LogP contribution in [0, 0.1) is 5.92 Å². The van der Waals surface area contributed by atoms with E-state index >= 15 is 0 Å². The second-order valence-corrected chi connectivity index (χ2v) is 8.26. The van der Waals surface area contributed by atoms with Crippen LogP contribution in [-0.2, 0) is 6.42 Å². The molecular formula is C24H31N3O. The Kier molecular flexibility index (Phi) is 6.25. The highest BCUT2D eigenvalue weighted by Gasteiger charge is 2.24. The molecule has 2 saturated heterocycles. The molecule has 148 valence electrons. The van der Waals surface area contributed by atoms with E-state index in [1.54, 1.807) is 6.20 Å². The number of aromatic nitrogens is 1. The lowest BCUT2D eigenvalue weighted by Gasteiger charge is -2.32. The van der Waals surface area contributed by atoms with Gasteiger partial charge in [0.1, 0.15) is 0 Å². The van der Waals surface area contributed by atoms with Crippen molar-refractivity contribution in [3.05, 3.63) is 59.9 Å². The Morgan fingerprint density at radius 2 is 1.64 bits per heavy atom. The topological polar surface area (TPSA) is 36.4 Å². The molecule has 3 heterocycles. The zero-order chi connectivity index (χ0) is 19.2. The van der Waals surface area contributed by atoms with Crippen LogP contribution in [0.1, 0.15) is 54.4 Å². The molecule has 0 aliphatic carbocycles. The van der Waals surface area contributed by atoms with Crippen LogP contribution in [0.3, 0.4) is 0 Å². The third kappa shape index (κ3) is 4.73. The van der Waals surface area contributed by atoms with Gasteiger partial charge in [-0.1, -0.05) is 43.2 Å². The van der Waals surface area contributed by atoms with Crippen LogP contribution in [-0.4, -0.2) is 42.0 Å². The van der Waals surface area contributed by atoms with E-state index in [-0.39, 0.29) is 5.91 Å². The number of hydrogen-bond acceptors (Lipinski definition) is 3. The molecule has 1 amide bonds. The summed E-state index contributed by atoms with van der Waals surface area (Å²) in [7, 11) is 0. The Morgan fingerprint density at radius 3 is 2.36 bits per heavy atom. The van der Waals surface area contributed by atoms with Gasteiger partial charge in [-0.2, -0.15) is 0 Å². The molecule has 0 N–H and O–H groups in total. The zero-order valence-corrected chi connectivity index (χ0v) is 16.7. The van der Waals surface area contributed by atoms with Crippen molar-refractivity contribution in [2.75, 3.05) is 31.1 Å². The van der Waals surface area contributed by atoms with Crippen molar-refractivity contribution in [3.63, 3.8) is 0 Å². The summed E-state index contributed by atoms with van der Waals surface area (Å²) in [5.41, 5.74) is 3.25. The molecule has 4 nitrogen and oxygen atoms in total. The molecule has 1 aromatic carbocycles. The predicted molar refractivity (Wildman–Crippen MR) is 114 cm³/mol. The molecule has 2 fully saturated rings. The van der Waals surface area contributed by atoms with Gasteiger partial charge >= 0.3 is 0 Å². The van der Waals surface area contributed by atoms with Gasteiger partial charge in [0.05, 0.1) is 17.4 Å². The largest absolute Gasteiger partial charge is 0.370 e. The van der Waals surface area contributed by atoms with E-state index in [0.29, 0.717) is 5.92 Å². The van der Waals surface area contributed by atoms with Crippen molar-refractivity contribution in [2.24, 2.45) is 5.92 Å². The first-order valence-corrected chi connectivity index (χ1v) is 10.8. The first-order chi connectivity index (χ1) is 13.8. The molecule has 2 aliphatic heterocycles. The molecule has 1 aromatic heterocycles. The Labute approximate surface area is 168 Å². The smallest absolute Gasteiger partial charge is 0.255 e. The first kappa shape index (κ1) is 19.0. The van der Waals surface area contributed by atoms with E-state index < -0.39 is 0 Å². The molecular weight excluding hydrogens is 346 g/mol. The molecule has 2 aliphatic rings. The van der Waals surface area contributed by atoms with Gasteiger partial charge in [-0.25, -0.2) is 0 Å². The quantitative estimate of drug-likeness (QED) is 0.784. The summed E-state index contributed by atoms with van der Waals surface area (Å²) in [6.07, 6.45) is 12.0. The maximum absolute atomic E-state index is 13.0. The fourth-order valence-electron chi connectivity index (χ4n) is 4.52. The number of rotatable bonds is 4. The number of amides is 1. The highest BCUT2D eigenvalue weighted by atomic mass is 16.2. The number of carbonyl (C=O) groups excluding carboxylic acids is 1. The lowest BCUT2D eigenvalue weighted by molar-refractivity contribution is 0.0690. The first-order valence-electron chi connectivity index (χ1n) is 10.8. The number of nitrogens with zero attached hydrogens (tertiary/aromatic N) is 3. The Balaban J connectivity index is 1.35. The molecule has 0 bridgehead atoms. The zero-order valence-electron chi connectivity index (χ0n) is 16.7. The van der Waals surface area contributed by atoms with Crippen molar-refractivity contribution in [1.29, 1.82) is 0 Å². The van der Waals surface area contributed by atoms with Gasteiger partial charge in [-0.3, -0.25) is 9.78 Å². The van der Waals surface area contributed by atoms with Crippen LogP contribution in [0.2, 0.25) is 0 Å². The maximum Gasteiger partial charge on any atom is 0.255 e. The van der Waals surface area contributed by atoms with Crippen molar-refractivity contribution >= 4 is 11.6 Å². The van der Waals surface area contributed by atoms with Crippen LogP contribution in [0.5, 0.6) is 0 Å². The van der Waals surface area contributed by atoms with Gasteiger partial charge in [0, 0.05) is 32.4 Å². The highest BCUT2D eigenvalue weighted by molar-refractivity contribution is 5.94. The minimum Gasteiger partial charge on any atom is -0.370 e. The monoisotopic (exact) mass is 377 g/mol. The lowest BCUT2D eigenvalue weighted by Crippen LogP contribution is -2.39. The number of hydrogen-bond donors (Lipinski definition) is 0.